The summed E-state index contributed by atoms with van der Waals surface area (Å²) in [5.41, 5.74) is 0.436. The van der Waals surface area contributed by atoms with Crippen LogP contribution in [0.3, 0.4) is 0 Å². The molecule has 16 heteroatoms. The van der Waals surface area contributed by atoms with E-state index in [2.05, 4.69) is 53.1 Å². The van der Waals surface area contributed by atoms with Crippen molar-refractivity contribution in [3.8, 4) is 11.5 Å². The quantitative estimate of drug-likeness (QED) is 0.0693. The summed E-state index contributed by atoms with van der Waals surface area (Å²) < 4.78 is 65.0. The number of thiocarbonyl (C=S) groups is 2. The molecule has 0 aliphatic heterocycles. The maximum Gasteiger partial charge on any atom is 0.416 e. The highest BCUT2D eigenvalue weighted by atomic mass is 79.9. The summed E-state index contributed by atoms with van der Waals surface area (Å²) in [5, 5.41) is 30.8. The summed E-state index contributed by atoms with van der Waals surface area (Å²) in [4.78, 5) is 0. The molecule has 0 fully saturated rings. The number of halogens is 8. The topological polar surface area (TPSA) is 88.6 Å². The molecule has 0 saturated carbocycles. The summed E-state index contributed by atoms with van der Waals surface area (Å²) >= 11 is 22.1. The average Bonchev–Trinajstić information content (AvgIpc) is 2.91. The second-order valence-electron chi connectivity index (χ2n) is 8.31. The van der Waals surface area contributed by atoms with E-state index in [1.807, 2.05) is 0 Å². The van der Waals surface area contributed by atoms with Gasteiger partial charge < -0.3 is 31.5 Å². The lowest BCUT2D eigenvalue weighted by molar-refractivity contribution is -0.137. The normalized spacial score (nSPS) is 10.7. The Balaban J connectivity index is 0.000000238. The molecular weight excluding hydrogens is 767 g/mol. The minimum absolute atomic E-state index is 0.0151. The third-order valence-corrected chi connectivity index (χ3v) is 6.70. The van der Waals surface area contributed by atoms with Crippen molar-refractivity contribution in [3.63, 3.8) is 0 Å². The van der Waals surface area contributed by atoms with E-state index in [0.717, 1.165) is 30.0 Å². The molecule has 0 unspecified atom stereocenters. The highest BCUT2D eigenvalue weighted by molar-refractivity contribution is 9.10. The van der Waals surface area contributed by atoms with Crippen molar-refractivity contribution in [2.24, 2.45) is 0 Å². The van der Waals surface area contributed by atoms with Crippen LogP contribution in [0.4, 0.5) is 44.7 Å². The van der Waals surface area contributed by atoms with Gasteiger partial charge in [-0.15, -0.1) is 0 Å². The zero-order valence-electron chi connectivity index (χ0n) is 21.2. The molecule has 0 aliphatic rings. The Bertz CT molecular complexity index is 1630. The maximum absolute atomic E-state index is 13.4. The van der Waals surface area contributed by atoms with Crippen molar-refractivity contribution in [1.82, 2.24) is 0 Å². The van der Waals surface area contributed by atoms with Gasteiger partial charge in [-0.05, 0) is 97.2 Å². The Labute approximate surface area is 274 Å². The summed E-state index contributed by atoms with van der Waals surface area (Å²) in [7, 11) is 0. The van der Waals surface area contributed by atoms with Gasteiger partial charge in [-0.1, -0.05) is 43.5 Å². The number of hydrogen-bond acceptors (Lipinski definition) is 4. The van der Waals surface area contributed by atoms with E-state index in [0.29, 0.717) is 19.7 Å². The fraction of sp³-hybridized carbons (Fsp3) is 0.0370. The lowest BCUT2D eigenvalue weighted by atomic mass is 10.2. The van der Waals surface area contributed by atoms with Crippen LogP contribution in [0.25, 0.3) is 0 Å². The Morgan fingerprint density at radius 3 is 1.40 bits per heavy atom. The molecule has 0 atom stereocenters. The molecule has 0 bridgehead atoms. The van der Waals surface area contributed by atoms with Crippen LogP contribution in [-0.2, 0) is 6.18 Å². The lowest BCUT2D eigenvalue weighted by Crippen LogP contribution is -2.19. The van der Waals surface area contributed by atoms with Gasteiger partial charge in [0.05, 0.1) is 16.9 Å². The number of benzene rings is 4. The highest BCUT2D eigenvalue weighted by Gasteiger charge is 2.30. The number of alkyl halides is 3. The average molecular weight is 785 g/mol. The van der Waals surface area contributed by atoms with Crippen LogP contribution in [-0.4, -0.2) is 20.4 Å². The summed E-state index contributed by atoms with van der Waals surface area (Å²) in [6.07, 6.45) is -4.42. The molecule has 4 rings (SSSR count). The van der Waals surface area contributed by atoms with E-state index in [1.54, 1.807) is 24.3 Å². The number of rotatable bonds is 4. The van der Waals surface area contributed by atoms with Gasteiger partial charge in [0.15, 0.2) is 33.4 Å². The van der Waals surface area contributed by atoms with Crippen LogP contribution in [0.15, 0.2) is 81.7 Å². The van der Waals surface area contributed by atoms with Gasteiger partial charge in [0.25, 0.3) is 0 Å². The molecule has 6 nitrogen and oxygen atoms in total. The minimum atomic E-state index is -4.42. The Morgan fingerprint density at radius 1 is 0.651 bits per heavy atom. The van der Waals surface area contributed by atoms with Gasteiger partial charge in [-0.25, -0.2) is 8.78 Å². The first-order chi connectivity index (χ1) is 20.1. The summed E-state index contributed by atoms with van der Waals surface area (Å²) in [6, 6.07) is 16.3. The van der Waals surface area contributed by atoms with E-state index in [9.17, 15) is 32.2 Å². The smallest absolute Gasteiger partial charge is 0.416 e. The third kappa shape index (κ3) is 10.5. The van der Waals surface area contributed by atoms with Crippen LogP contribution < -0.4 is 21.3 Å². The molecule has 0 amide bonds. The molecule has 6 N–H and O–H groups in total. The fourth-order valence-electron chi connectivity index (χ4n) is 3.17. The number of phenols is 2. The molecule has 0 saturated heterocycles. The zero-order chi connectivity index (χ0) is 31.9. The summed E-state index contributed by atoms with van der Waals surface area (Å²) in [6.45, 7) is 0. The number of anilines is 4. The van der Waals surface area contributed by atoms with Crippen LogP contribution in [0.5, 0.6) is 11.5 Å². The van der Waals surface area contributed by atoms with Gasteiger partial charge in [0.1, 0.15) is 0 Å². The largest absolute Gasteiger partial charge is 0.503 e. The maximum atomic E-state index is 13.4. The number of aromatic hydroxyl groups is 2. The Morgan fingerprint density at radius 2 is 1.02 bits per heavy atom. The van der Waals surface area contributed by atoms with E-state index in [4.69, 9.17) is 36.0 Å². The molecule has 0 spiro atoms. The van der Waals surface area contributed by atoms with Crippen molar-refractivity contribution >= 4 is 101 Å². The molecule has 0 heterocycles. The summed E-state index contributed by atoms with van der Waals surface area (Å²) in [5.74, 6) is -2.70. The van der Waals surface area contributed by atoms with E-state index in [1.165, 1.54) is 24.3 Å². The molecule has 226 valence electrons. The van der Waals surface area contributed by atoms with Gasteiger partial charge in [0, 0.05) is 25.3 Å². The first-order valence-corrected chi connectivity index (χ1v) is 14.3. The lowest BCUT2D eigenvalue weighted by Gasteiger charge is -2.13. The molecule has 43 heavy (non-hydrogen) atoms. The molecule has 0 radical (unpaired) electrons. The van der Waals surface area contributed by atoms with E-state index >= 15 is 0 Å². The second-order valence-corrected chi connectivity index (χ2v) is 11.4. The van der Waals surface area contributed by atoms with Gasteiger partial charge in [0.2, 0.25) is 0 Å². The monoisotopic (exact) mass is 782 g/mol. The van der Waals surface area contributed by atoms with Crippen LogP contribution in [0, 0.1) is 11.6 Å². The van der Waals surface area contributed by atoms with Crippen LogP contribution in [0.2, 0.25) is 5.02 Å². The Hall–Kier alpha value is -3.24. The van der Waals surface area contributed by atoms with Gasteiger partial charge >= 0.3 is 6.18 Å². The standard InChI is InChI=1S/C14H9BrF4N2OS.C13H9BrClFN2OS/c15-8-5-10(16)12(22)11(6-8)21-13(23)20-9-3-1-7(2-4-9)14(17,18)19;14-7-5-10(16)12(19)11(6-7)18-13(20)17-9-3-1-8(15)2-4-9/h1-6,22H,(H2,20,21,23);1-6,19H,(H2,17,18,20). The molecular formula is C27H18Br2ClF5N4O2S2. The van der Waals surface area contributed by atoms with E-state index < -0.39 is 34.9 Å². The SMILES string of the molecule is Oc1c(F)cc(Br)cc1NC(=S)Nc1ccc(C(F)(F)F)cc1.Oc1c(F)cc(Br)cc1NC(=S)Nc1ccc(Cl)cc1. The fourth-order valence-corrected chi connectivity index (χ4v) is 4.61. The predicted octanol–water partition coefficient (Wildman–Crippen LogP) is 9.88. The molecule has 4 aromatic carbocycles. The van der Waals surface area contributed by atoms with Crippen LogP contribution >= 0.6 is 67.9 Å². The highest BCUT2D eigenvalue weighted by Crippen LogP contribution is 2.32. The number of phenolic OH excluding ortho intramolecular Hbond substituents is 2. The predicted molar refractivity (Wildman–Crippen MR) is 174 cm³/mol. The third-order valence-electron chi connectivity index (χ3n) is 5.12. The van der Waals surface area contributed by atoms with Gasteiger partial charge in [-0.2, -0.15) is 13.2 Å². The molecule has 0 aromatic heterocycles. The van der Waals surface area contributed by atoms with Crippen molar-refractivity contribution < 1.29 is 32.2 Å². The Kier molecular flexibility index (Phi) is 11.9. The van der Waals surface area contributed by atoms with Crippen molar-refractivity contribution in [3.05, 3.63) is 104 Å². The molecule has 0 aliphatic carbocycles. The van der Waals surface area contributed by atoms with E-state index in [-0.39, 0.29) is 21.6 Å². The first-order valence-electron chi connectivity index (χ1n) is 11.6. The second kappa shape index (κ2) is 15.0. The van der Waals surface area contributed by atoms with Crippen LogP contribution in [0.1, 0.15) is 5.56 Å². The zero-order valence-corrected chi connectivity index (χ0v) is 26.7. The van der Waals surface area contributed by atoms with Gasteiger partial charge in [-0.3, -0.25) is 0 Å². The van der Waals surface area contributed by atoms with Crippen molar-refractivity contribution in [2.45, 2.75) is 6.18 Å². The van der Waals surface area contributed by atoms with Crippen molar-refractivity contribution in [1.29, 1.82) is 0 Å². The number of nitrogens with one attached hydrogen (secondary N) is 4. The minimum Gasteiger partial charge on any atom is -0.503 e. The molecule has 4 aromatic rings. The van der Waals surface area contributed by atoms with Crippen molar-refractivity contribution in [2.75, 3.05) is 21.3 Å². The number of hydrogen-bond donors (Lipinski definition) is 6. The first kappa shape index (κ1) is 34.3.